The molecule has 3 aromatic carbocycles. The molecule has 0 saturated carbocycles. The van der Waals surface area contributed by atoms with Gasteiger partial charge in [0.15, 0.2) is 0 Å². The van der Waals surface area contributed by atoms with Gasteiger partial charge >= 0.3 is 0 Å². The first-order valence-electron chi connectivity index (χ1n) is 10.3. The number of rotatable bonds is 9. The molecule has 0 saturated heterocycles. The second kappa shape index (κ2) is 10.3. The van der Waals surface area contributed by atoms with Crippen LogP contribution in [0.3, 0.4) is 0 Å². The Morgan fingerprint density at radius 3 is 2.28 bits per heavy atom. The van der Waals surface area contributed by atoms with Crippen molar-refractivity contribution >= 4 is 21.6 Å². The van der Waals surface area contributed by atoms with Gasteiger partial charge in [-0.2, -0.15) is 0 Å². The predicted octanol–water partition coefficient (Wildman–Crippen LogP) is 4.08. The van der Waals surface area contributed by atoms with E-state index in [0.717, 1.165) is 16.9 Å². The van der Waals surface area contributed by atoms with Crippen LogP contribution in [0.1, 0.15) is 27.0 Å². The van der Waals surface area contributed by atoms with Gasteiger partial charge < -0.3 is 10.1 Å². The highest BCUT2D eigenvalue weighted by Gasteiger charge is 2.17. The van der Waals surface area contributed by atoms with Gasteiger partial charge in [-0.3, -0.25) is 9.10 Å². The van der Waals surface area contributed by atoms with Crippen LogP contribution in [0.2, 0.25) is 0 Å². The second-order valence-corrected chi connectivity index (χ2v) is 9.58. The summed E-state index contributed by atoms with van der Waals surface area (Å²) in [6.07, 6.45) is 1.18. The number of aryl methyl sites for hydroxylation is 2. The summed E-state index contributed by atoms with van der Waals surface area (Å²) in [7, 11) is -3.45. The van der Waals surface area contributed by atoms with Crippen molar-refractivity contribution in [1.29, 1.82) is 0 Å². The number of sulfonamides is 1. The molecule has 0 aliphatic rings. The van der Waals surface area contributed by atoms with Crippen LogP contribution in [0, 0.1) is 13.8 Å². The molecule has 0 aliphatic heterocycles. The maximum absolute atomic E-state index is 12.4. The molecule has 0 heterocycles. The first-order valence-corrected chi connectivity index (χ1v) is 12.2. The molecule has 6 nitrogen and oxygen atoms in total. The number of anilines is 1. The van der Waals surface area contributed by atoms with E-state index in [9.17, 15) is 13.2 Å². The summed E-state index contributed by atoms with van der Waals surface area (Å²) in [5.74, 6) is 0.604. The van der Waals surface area contributed by atoms with Crippen LogP contribution < -0.4 is 14.4 Å². The first-order chi connectivity index (χ1) is 15.2. The Morgan fingerprint density at radius 1 is 0.969 bits per heavy atom. The van der Waals surface area contributed by atoms with E-state index in [1.165, 1.54) is 16.1 Å². The van der Waals surface area contributed by atoms with E-state index in [2.05, 4.69) is 11.4 Å². The van der Waals surface area contributed by atoms with Crippen LogP contribution in [-0.4, -0.2) is 33.7 Å². The Kier molecular flexibility index (Phi) is 7.53. The molecule has 0 spiro atoms. The maximum atomic E-state index is 12.4. The van der Waals surface area contributed by atoms with Crippen LogP contribution >= 0.6 is 0 Å². The second-order valence-electron chi connectivity index (χ2n) is 7.68. The lowest BCUT2D eigenvalue weighted by Crippen LogP contribution is -2.29. The van der Waals surface area contributed by atoms with Crippen LogP contribution in [-0.2, 0) is 16.6 Å². The standard InChI is InChI=1S/C25H28N2O4S/c1-19-9-14-24(20(2)17-19)31-16-15-26-25(28)22-12-10-21(11-13-22)18-27(32(3,29)30)23-7-5-4-6-8-23/h4-14,17H,15-16,18H2,1-3H3,(H,26,28). The van der Waals surface area contributed by atoms with Gasteiger partial charge in [0.1, 0.15) is 12.4 Å². The molecule has 0 unspecified atom stereocenters. The summed E-state index contributed by atoms with van der Waals surface area (Å²) in [6, 6.07) is 21.8. The monoisotopic (exact) mass is 452 g/mol. The molecule has 0 aliphatic carbocycles. The van der Waals surface area contributed by atoms with E-state index in [-0.39, 0.29) is 12.5 Å². The zero-order valence-electron chi connectivity index (χ0n) is 18.5. The minimum Gasteiger partial charge on any atom is -0.491 e. The molecule has 1 N–H and O–H groups in total. The zero-order valence-corrected chi connectivity index (χ0v) is 19.4. The van der Waals surface area contributed by atoms with Crippen molar-refractivity contribution in [1.82, 2.24) is 5.32 Å². The zero-order chi connectivity index (χ0) is 23.1. The first kappa shape index (κ1) is 23.3. The Morgan fingerprint density at radius 2 is 1.66 bits per heavy atom. The largest absolute Gasteiger partial charge is 0.491 e. The molecule has 32 heavy (non-hydrogen) atoms. The minimum atomic E-state index is -3.45. The van der Waals surface area contributed by atoms with Crippen molar-refractivity contribution in [3.05, 3.63) is 95.1 Å². The molecule has 0 bridgehead atoms. The van der Waals surface area contributed by atoms with Crippen LogP contribution in [0.5, 0.6) is 5.75 Å². The number of hydrogen-bond donors (Lipinski definition) is 1. The smallest absolute Gasteiger partial charge is 0.251 e. The molecule has 0 fully saturated rings. The van der Waals surface area contributed by atoms with E-state index in [0.29, 0.717) is 24.4 Å². The van der Waals surface area contributed by atoms with E-state index in [4.69, 9.17) is 4.74 Å². The summed E-state index contributed by atoms with van der Waals surface area (Å²) < 4.78 is 31.6. The number of para-hydroxylation sites is 1. The highest BCUT2D eigenvalue weighted by molar-refractivity contribution is 7.92. The molecule has 0 atom stereocenters. The summed E-state index contributed by atoms with van der Waals surface area (Å²) in [5, 5.41) is 2.84. The average molecular weight is 453 g/mol. The fourth-order valence-electron chi connectivity index (χ4n) is 3.31. The normalized spacial score (nSPS) is 11.1. The molecule has 1 amide bonds. The fourth-order valence-corrected chi connectivity index (χ4v) is 4.20. The van der Waals surface area contributed by atoms with Crippen LogP contribution in [0.4, 0.5) is 5.69 Å². The van der Waals surface area contributed by atoms with Crippen LogP contribution in [0.15, 0.2) is 72.8 Å². The van der Waals surface area contributed by atoms with Crippen molar-refractivity contribution in [2.24, 2.45) is 0 Å². The van der Waals surface area contributed by atoms with Gasteiger partial charge in [-0.25, -0.2) is 8.42 Å². The number of amides is 1. The SMILES string of the molecule is Cc1ccc(OCCNC(=O)c2ccc(CN(c3ccccc3)S(C)(=O)=O)cc2)c(C)c1. The third-order valence-electron chi connectivity index (χ3n) is 4.96. The lowest BCUT2D eigenvalue weighted by Gasteiger charge is -2.22. The number of carbonyl (C=O) groups excluding carboxylic acids is 1. The van der Waals surface area contributed by atoms with Gasteiger partial charge in [0, 0.05) is 5.56 Å². The summed E-state index contributed by atoms with van der Waals surface area (Å²) in [4.78, 5) is 12.4. The molecule has 3 rings (SSSR count). The minimum absolute atomic E-state index is 0.189. The summed E-state index contributed by atoms with van der Waals surface area (Å²) in [5.41, 5.74) is 4.13. The lowest BCUT2D eigenvalue weighted by molar-refractivity contribution is 0.0947. The van der Waals surface area contributed by atoms with Crippen molar-refractivity contribution in [2.45, 2.75) is 20.4 Å². The van der Waals surface area contributed by atoms with Gasteiger partial charge in [0.05, 0.1) is 25.0 Å². The van der Waals surface area contributed by atoms with Gasteiger partial charge in [0.2, 0.25) is 10.0 Å². The average Bonchev–Trinajstić information content (AvgIpc) is 2.76. The lowest BCUT2D eigenvalue weighted by atomic mass is 10.1. The number of ether oxygens (including phenoxy) is 1. The topological polar surface area (TPSA) is 75.7 Å². The van der Waals surface area contributed by atoms with Gasteiger partial charge in [-0.1, -0.05) is 48.0 Å². The molecule has 7 heteroatoms. The van der Waals surface area contributed by atoms with E-state index in [1.807, 2.05) is 32.0 Å². The van der Waals surface area contributed by atoms with E-state index >= 15 is 0 Å². The molecule has 0 radical (unpaired) electrons. The highest BCUT2D eigenvalue weighted by atomic mass is 32.2. The summed E-state index contributed by atoms with van der Waals surface area (Å²) >= 11 is 0. The number of nitrogens with zero attached hydrogens (tertiary/aromatic N) is 1. The third kappa shape index (κ3) is 6.34. The quantitative estimate of drug-likeness (QED) is 0.497. The molecule has 0 aromatic heterocycles. The number of hydrogen-bond acceptors (Lipinski definition) is 4. The van der Waals surface area contributed by atoms with Crippen molar-refractivity contribution in [2.75, 3.05) is 23.7 Å². The van der Waals surface area contributed by atoms with Gasteiger partial charge in [-0.15, -0.1) is 0 Å². The molecular formula is C25H28N2O4S. The number of carbonyl (C=O) groups is 1. The van der Waals surface area contributed by atoms with E-state index < -0.39 is 10.0 Å². The third-order valence-corrected chi connectivity index (χ3v) is 6.10. The van der Waals surface area contributed by atoms with Gasteiger partial charge in [-0.05, 0) is 55.3 Å². The van der Waals surface area contributed by atoms with Crippen molar-refractivity contribution in [3.8, 4) is 5.75 Å². The molecular weight excluding hydrogens is 424 g/mol. The predicted molar refractivity (Wildman–Crippen MR) is 128 cm³/mol. The Hall–Kier alpha value is -3.32. The summed E-state index contributed by atoms with van der Waals surface area (Å²) in [6.45, 7) is 4.96. The number of benzene rings is 3. The molecule has 3 aromatic rings. The maximum Gasteiger partial charge on any atom is 0.251 e. The van der Waals surface area contributed by atoms with Crippen molar-refractivity contribution in [3.63, 3.8) is 0 Å². The number of nitrogens with one attached hydrogen (secondary N) is 1. The Labute approximate surface area is 189 Å². The highest BCUT2D eigenvalue weighted by Crippen LogP contribution is 2.20. The van der Waals surface area contributed by atoms with Crippen LogP contribution in [0.25, 0.3) is 0 Å². The fraction of sp³-hybridized carbons (Fsp3) is 0.240. The van der Waals surface area contributed by atoms with Crippen molar-refractivity contribution < 1.29 is 17.9 Å². The Balaban J connectivity index is 1.55. The Bertz CT molecular complexity index is 1160. The van der Waals surface area contributed by atoms with E-state index in [1.54, 1.807) is 48.5 Å². The van der Waals surface area contributed by atoms with Gasteiger partial charge in [0.25, 0.3) is 5.91 Å². The molecule has 168 valence electrons.